The van der Waals surface area contributed by atoms with Crippen molar-refractivity contribution in [3.8, 4) is 22.3 Å². The molecule has 40 heavy (non-hydrogen) atoms. The molecule has 3 aromatic carbocycles. The summed E-state index contributed by atoms with van der Waals surface area (Å²) in [5.41, 5.74) is 9.12. The Hall–Kier alpha value is -3.81. The van der Waals surface area contributed by atoms with Gasteiger partial charge in [0, 0.05) is 17.1 Å². The Kier molecular flexibility index (Phi) is 10.8. The highest BCUT2D eigenvalue weighted by molar-refractivity contribution is 7.28. The summed E-state index contributed by atoms with van der Waals surface area (Å²) in [5, 5.41) is 11.8. The van der Waals surface area contributed by atoms with Crippen LogP contribution in [0.2, 0.25) is 0 Å². The number of allylic oxidation sites excluding steroid dienone is 1. The van der Waals surface area contributed by atoms with Crippen molar-refractivity contribution in [1.82, 2.24) is 0 Å². The zero-order valence-electron chi connectivity index (χ0n) is 24.3. The number of nitrogens with one attached hydrogen (secondary N) is 2. The first-order valence-corrected chi connectivity index (χ1v) is 14.6. The second-order valence-electron chi connectivity index (χ2n) is 10.5. The number of halogens is 1. The molecule has 0 fully saturated rings. The van der Waals surface area contributed by atoms with Gasteiger partial charge in [-0.05, 0) is 121 Å². The van der Waals surface area contributed by atoms with Gasteiger partial charge in [-0.1, -0.05) is 83.2 Å². The first-order chi connectivity index (χ1) is 19.0. The summed E-state index contributed by atoms with van der Waals surface area (Å²) in [6.45, 7) is 16.9. The molecule has 4 aromatic rings. The molecule has 0 saturated carbocycles. The molecule has 0 aliphatic carbocycles. The number of anilines is 1. The van der Waals surface area contributed by atoms with Crippen LogP contribution in [0.15, 0.2) is 103 Å². The van der Waals surface area contributed by atoms with E-state index in [1.807, 2.05) is 67.6 Å². The van der Waals surface area contributed by atoms with Crippen LogP contribution >= 0.6 is 8.19 Å². The fourth-order valence-electron chi connectivity index (χ4n) is 4.40. The highest BCUT2D eigenvalue weighted by Gasteiger charge is 2.21. The SMILES string of the molecule is C=C(C)Nc1cc(C(=N)CCC)cc(-c2ccpcc2-c2cc(C(C)(C)F)ccc2C)c1.C=Cc1ccccc1. The highest BCUT2D eigenvalue weighted by Crippen LogP contribution is 2.39. The summed E-state index contributed by atoms with van der Waals surface area (Å²) >= 11 is 0. The van der Waals surface area contributed by atoms with Gasteiger partial charge in [0.2, 0.25) is 0 Å². The molecular formula is C36H40FN2P. The lowest BCUT2D eigenvalue weighted by atomic mass is 9.89. The van der Waals surface area contributed by atoms with Crippen molar-refractivity contribution in [3.05, 3.63) is 126 Å². The van der Waals surface area contributed by atoms with Gasteiger partial charge in [-0.2, -0.15) is 0 Å². The molecule has 0 amide bonds. The molecule has 206 valence electrons. The molecule has 0 atom stereocenters. The van der Waals surface area contributed by atoms with Crippen molar-refractivity contribution in [3.63, 3.8) is 0 Å². The van der Waals surface area contributed by atoms with E-state index >= 15 is 0 Å². The van der Waals surface area contributed by atoms with E-state index in [1.54, 1.807) is 13.8 Å². The molecule has 0 radical (unpaired) electrons. The molecule has 4 rings (SSSR count). The molecule has 1 aromatic heterocycles. The van der Waals surface area contributed by atoms with Crippen LogP contribution in [0, 0.1) is 12.3 Å². The largest absolute Gasteiger partial charge is 0.360 e. The molecule has 2 N–H and O–H groups in total. The Bertz CT molecular complexity index is 1480. The number of hydrogen-bond acceptors (Lipinski definition) is 2. The number of aryl methyl sites for hydroxylation is 1. The minimum absolute atomic E-state index is 0.625. The average Bonchev–Trinajstić information content (AvgIpc) is 2.93. The zero-order valence-corrected chi connectivity index (χ0v) is 25.2. The third kappa shape index (κ3) is 8.34. The third-order valence-electron chi connectivity index (χ3n) is 6.52. The van der Waals surface area contributed by atoms with Gasteiger partial charge < -0.3 is 10.7 Å². The van der Waals surface area contributed by atoms with Gasteiger partial charge in [-0.25, -0.2) is 4.39 Å². The minimum atomic E-state index is -1.40. The van der Waals surface area contributed by atoms with Crippen LogP contribution in [0.5, 0.6) is 0 Å². The van der Waals surface area contributed by atoms with E-state index in [2.05, 4.69) is 62.1 Å². The minimum Gasteiger partial charge on any atom is -0.360 e. The van der Waals surface area contributed by atoms with E-state index in [0.29, 0.717) is 11.3 Å². The van der Waals surface area contributed by atoms with Crippen molar-refractivity contribution in [2.75, 3.05) is 5.32 Å². The first-order valence-electron chi connectivity index (χ1n) is 13.6. The summed E-state index contributed by atoms with van der Waals surface area (Å²) < 4.78 is 14.7. The van der Waals surface area contributed by atoms with Crippen LogP contribution < -0.4 is 5.32 Å². The normalized spacial score (nSPS) is 10.9. The Labute approximate surface area is 241 Å². The second kappa shape index (κ2) is 14.0. The van der Waals surface area contributed by atoms with E-state index in [1.165, 1.54) is 5.56 Å². The summed E-state index contributed by atoms with van der Waals surface area (Å²) in [6, 6.07) is 24.2. The van der Waals surface area contributed by atoms with Crippen LogP contribution in [0.1, 0.15) is 62.8 Å². The van der Waals surface area contributed by atoms with Crippen LogP contribution in [0.25, 0.3) is 28.3 Å². The number of rotatable bonds is 9. The molecule has 0 aliphatic rings. The monoisotopic (exact) mass is 550 g/mol. The van der Waals surface area contributed by atoms with Crippen molar-refractivity contribution in [2.24, 2.45) is 0 Å². The lowest BCUT2D eigenvalue weighted by molar-refractivity contribution is 0.221. The molecule has 0 bridgehead atoms. The zero-order chi connectivity index (χ0) is 29.3. The van der Waals surface area contributed by atoms with Crippen molar-refractivity contribution in [1.29, 1.82) is 5.41 Å². The predicted octanol–water partition coefficient (Wildman–Crippen LogP) is 11.6. The maximum atomic E-state index is 14.7. The topological polar surface area (TPSA) is 35.9 Å². The van der Waals surface area contributed by atoms with E-state index in [0.717, 1.165) is 65.8 Å². The molecule has 4 heteroatoms. The number of hydrogen-bond donors (Lipinski definition) is 2. The summed E-state index contributed by atoms with van der Waals surface area (Å²) in [4.78, 5) is 0. The molecular weight excluding hydrogens is 510 g/mol. The van der Waals surface area contributed by atoms with Crippen molar-refractivity contribution < 1.29 is 4.39 Å². The summed E-state index contributed by atoms with van der Waals surface area (Å²) in [7, 11) is 1.10. The van der Waals surface area contributed by atoms with Gasteiger partial charge in [0.05, 0.1) is 0 Å². The quantitative estimate of drug-likeness (QED) is 0.200. The molecule has 0 aliphatic heterocycles. The van der Waals surface area contributed by atoms with E-state index in [9.17, 15) is 4.39 Å². The lowest BCUT2D eigenvalue weighted by Gasteiger charge is -2.19. The number of alkyl halides is 1. The Morgan fingerprint density at radius 2 is 1.73 bits per heavy atom. The van der Waals surface area contributed by atoms with Crippen LogP contribution in [0.3, 0.4) is 0 Å². The Morgan fingerprint density at radius 3 is 2.33 bits per heavy atom. The standard InChI is InChI=1S/C28H32FN2P.C8H8/c1-7-8-27(30)21-13-20(14-23(15-21)31-18(2)3)24-11-12-32-17-26(24)25-16-22(28(5,6)29)10-9-19(25)4;1-2-8-6-4-3-5-7-8/h9-17,30-31H,2,7-8H2,1,3-6H3;2-7H,1H2. The van der Waals surface area contributed by atoms with Crippen molar-refractivity contribution in [2.45, 2.75) is 53.1 Å². The highest BCUT2D eigenvalue weighted by atomic mass is 31.0. The van der Waals surface area contributed by atoms with E-state index in [-0.39, 0.29) is 0 Å². The Balaban J connectivity index is 0.000000472. The smallest absolute Gasteiger partial charge is 0.130 e. The average molecular weight is 551 g/mol. The fourth-order valence-corrected chi connectivity index (χ4v) is 5.15. The molecule has 1 heterocycles. The second-order valence-corrected chi connectivity index (χ2v) is 11.3. The third-order valence-corrected chi connectivity index (χ3v) is 7.25. The van der Waals surface area contributed by atoms with Crippen molar-refractivity contribution >= 4 is 25.7 Å². The fraction of sp³-hybridized carbons (Fsp3) is 0.222. The molecule has 2 nitrogen and oxygen atoms in total. The predicted molar refractivity (Wildman–Crippen MR) is 175 cm³/mol. The molecule has 0 spiro atoms. The molecule has 0 saturated heterocycles. The van der Waals surface area contributed by atoms with Gasteiger partial charge in [-0.15, -0.1) is 0 Å². The van der Waals surface area contributed by atoms with Gasteiger partial charge in [0.15, 0.2) is 0 Å². The van der Waals surface area contributed by atoms with Gasteiger partial charge in [0.25, 0.3) is 0 Å². The van der Waals surface area contributed by atoms with E-state index < -0.39 is 5.67 Å². The maximum Gasteiger partial charge on any atom is 0.130 e. The van der Waals surface area contributed by atoms with Crippen LogP contribution in [0.4, 0.5) is 10.1 Å². The van der Waals surface area contributed by atoms with Gasteiger partial charge in [0.1, 0.15) is 5.67 Å². The van der Waals surface area contributed by atoms with Crippen LogP contribution in [-0.4, -0.2) is 5.71 Å². The number of benzene rings is 3. The van der Waals surface area contributed by atoms with E-state index in [4.69, 9.17) is 5.41 Å². The van der Waals surface area contributed by atoms with Gasteiger partial charge in [-0.3, -0.25) is 0 Å². The first kappa shape index (κ1) is 30.7. The van der Waals surface area contributed by atoms with Gasteiger partial charge >= 0.3 is 0 Å². The Morgan fingerprint density at radius 1 is 1.00 bits per heavy atom. The summed E-state index contributed by atoms with van der Waals surface area (Å²) in [6.07, 6.45) is 3.49. The molecule has 0 unspecified atom stereocenters. The summed E-state index contributed by atoms with van der Waals surface area (Å²) in [5.74, 6) is 4.30. The van der Waals surface area contributed by atoms with Crippen LogP contribution in [-0.2, 0) is 5.67 Å². The maximum absolute atomic E-state index is 14.7. The lowest BCUT2D eigenvalue weighted by Crippen LogP contribution is -2.09.